The number of carbonyl (C=O) groups excluding carboxylic acids is 2. The smallest absolute Gasteiger partial charge is 0.310 e. The van der Waals surface area contributed by atoms with Gasteiger partial charge in [0.25, 0.3) is 0 Å². The van der Waals surface area contributed by atoms with Gasteiger partial charge in [-0.2, -0.15) is 0 Å². The van der Waals surface area contributed by atoms with Crippen LogP contribution in [0.2, 0.25) is 0 Å². The Balaban J connectivity index is 2.49. The standard InChI is InChI=1S/C17H26N2O3/c1-11(2)22-17(21)12(3)10-19-16(20)13(4)15(18)14-8-6-5-7-9-14/h5-9,11-13,15H,10,18H2,1-4H3,(H,19,20)/t12-,13+,15+/m1/s1. The van der Waals surface area contributed by atoms with Crippen molar-refractivity contribution in [2.45, 2.75) is 39.8 Å². The summed E-state index contributed by atoms with van der Waals surface area (Å²) in [6.07, 6.45) is -0.156. The van der Waals surface area contributed by atoms with E-state index in [-0.39, 0.29) is 42.4 Å². The number of nitrogens with one attached hydrogen (secondary N) is 1. The minimum atomic E-state index is -0.383. The van der Waals surface area contributed by atoms with Gasteiger partial charge in [0.15, 0.2) is 0 Å². The molecule has 3 N–H and O–H groups in total. The third kappa shape index (κ3) is 5.48. The predicted molar refractivity (Wildman–Crippen MR) is 85.9 cm³/mol. The molecule has 5 heteroatoms. The molecule has 0 aromatic heterocycles. The fourth-order valence-electron chi connectivity index (χ4n) is 1.97. The lowest BCUT2D eigenvalue weighted by molar-refractivity contribution is -0.151. The molecule has 0 aliphatic rings. The van der Waals surface area contributed by atoms with Gasteiger partial charge in [0.1, 0.15) is 0 Å². The van der Waals surface area contributed by atoms with Gasteiger partial charge in [-0.1, -0.05) is 44.2 Å². The maximum Gasteiger partial charge on any atom is 0.310 e. The van der Waals surface area contributed by atoms with Gasteiger partial charge in [-0.25, -0.2) is 0 Å². The molecule has 0 fully saturated rings. The van der Waals surface area contributed by atoms with Gasteiger partial charge in [0, 0.05) is 12.6 Å². The van der Waals surface area contributed by atoms with Gasteiger partial charge in [-0.3, -0.25) is 9.59 Å². The van der Waals surface area contributed by atoms with Crippen LogP contribution in [0.5, 0.6) is 0 Å². The Bertz CT molecular complexity index is 488. The van der Waals surface area contributed by atoms with E-state index in [9.17, 15) is 9.59 Å². The van der Waals surface area contributed by atoms with Crippen molar-refractivity contribution in [3.8, 4) is 0 Å². The van der Waals surface area contributed by atoms with Crippen molar-refractivity contribution in [3.63, 3.8) is 0 Å². The molecule has 0 bridgehead atoms. The Morgan fingerprint density at radius 3 is 2.27 bits per heavy atom. The van der Waals surface area contributed by atoms with Crippen molar-refractivity contribution >= 4 is 11.9 Å². The van der Waals surface area contributed by atoms with Crippen molar-refractivity contribution < 1.29 is 14.3 Å². The normalized spacial score (nSPS) is 15.0. The number of esters is 1. The largest absolute Gasteiger partial charge is 0.463 e. The molecule has 1 amide bonds. The van der Waals surface area contributed by atoms with E-state index in [0.29, 0.717) is 0 Å². The van der Waals surface area contributed by atoms with Gasteiger partial charge in [-0.05, 0) is 19.4 Å². The van der Waals surface area contributed by atoms with Crippen molar-refractivity contribution in [2.75, 3.05) is 6.54 Å². The lowest BCUT2D eigenvalue weighted by atomic mass is 9.94. The Kier molecular flexibility index (Phi) is 7.05. The molecule has 1 rings (SSSR count). The molecule has 1 aromatic rings. The Labute approximate surface area is 132 Å². The summed E-state index contributed by atoms with van der Waals surface area (Å²) in [5, 5.41) is 2.77. The van der Waals surface area contributed by atoms with Crippen LogP contribution in [-0.2, 0) is 14.3 Å². The minimum absolute atomic E-state index is 0.156. The Morgan fingerprint density at radius 2 is 1.73 bits per heavy atom. The van der Waals surface area contributed by atoms with Crippen LogP contribution in [0.25, 0.3) is 0 Å². The lowest BCUT2D eigenvalue weighted by Gasteiger charge is -2.21. The molecule has 0 heterocycles. The molecule has 0 radical (unpaired) electrons. The second-order valence-corrected chi connectivity index (χ2v) is 5.86. The number of rotatable bonds is 7. The zero-order chi connectivity index (χ0) is 16.7. The number of carbonyl (C=O) groups is 2. The van der Waals surface area contributed by atoms with Crippen LogP contribution in [0, 0.1) is 11.8 Å². The van der Waals surface area contributed by atoms with Gasteiger partial charge in [0.05, 0.1) is 17.9 Å². The summed E-state index contributed by atoms with van der Waals surface area (Å²) < 4.78 is 5.11. The van der Waals surface area contributed by atoms with Crippen molar-refractivity contribution in [1.29, 1.82) is 0 Å². The van der Waals surface area contributed by atoms with Crippen molar-refractivity contribution in [1.82, 2.24) is 5.32 Å². The van der Waals surface area contributed by atoms with Crippen LogP contribution < -0.4 is 11.1 Å². The van der Waals surface area contributed by atoms with Crippen LogP contribution >= 0.6 is 0 Å². The van der Waals surface area contributed by atoms with E-state index in [1.165, 1.54) is 0 Å². The van der Waals surface area contributed by atoms with Crippen LogP contribution in [0.15, 0.2) is 30.3 Å². The van der Waals surface area contributed by atoms with Crippen LogP contribution in [0.4, 0.5) is 0 Å². The molecule has 0 spiro atoms. The number of nitrogens with two attached hydrogens (primary N) is 1. The summed E-state index contributed by atoms with van der Waals surface area (Å²) in [6.45, 7) is 7.35. The molecule has 0 aliphatic heterocycles. The molecule has 122 valence electrons. The average Bonchev–Trinajstić information content (AvgIpc) is 2.50. The summed E-state index contributed by atoms with van der Waals surface area (Å²) in [5.74, 6) is -1.24. The first-order chi connectivity index (χ1) is 10.3. The Morgan fingerprint density at radius 1 is 1.14 bits per heavy atom. The van der Waals surface area contributed by atoms with Crippen molar-refractivity contribution in [2.24, 2.45) is 17.6 Å². The maximum absolute atomic E-state index is 12.2. The van der Waals surface area contributed by atoms with Gasteiger partial charge in [0.2, 0.25) is 5.91 Å². The number of hydrogen-bond acceptors (Lipinski definition) is 4. The van der Waals surface area contributed by atoms with E-state index in [1.54, 1.807) is 27.7 Å². The van der Waals surface area contributed by atoms with Crippen LogP contribution in [0.3, 0.4) is 0 Å². The Hall–Kier alpha value is -1.88. The molecule has 0 saturated carbocycles. The van der Waals surface area contributed by atoms with E-state index >= 15 is 0 Å². The van der Waals surface area contributed by atoms with Crippen LogP contribution in [0.1, 0.15) is 39.3 Å². The first-order valence-electron chi connectivity index (χ1n) is 7.61. The van der Waals surface area contributed by atoms with E-state index in [2.05, 4.69) is 5.32 Å². The number of amides is 1. The lowest BCUT2D eigenvalue weighted by Crippen LogP contribution is -2.39. The summed E-state index contributed by atoms with van der Waals surface area (Å²) in [6, 6.07) is 9.12. The summed E-state index contributed by atoms with van der Waals surface area (Å²) >= 11 is 0. The molecule has 5 nitrogen and oxygen atoms in total. The zero-order valence-electron chi connectivity index (χ0n) is 13.7. The molecule has 0 unspecified atom stereocenters. The highest BCUT2D eigenvalue weighted by molar-refractivity contribution is 5.80. The highest BCUT2D eigenvalue weighted by Gasteiger charge is 2.23. The SMILES string of the molecule is CC(C)OC(=O)[C@H](C)CNC(=O)[C@@H](C)[C@H](N)c1ccccc1. The number of ether oxygens (including phenoxy) is 1. The van der Waals surface area contributed by atoms with Crippen molar-refractivity contribution in [3.05, 3.63) is 35.9 Å². The van der Waals surface area contributed by atoms with Gasteiger partial charge >= 0.3 is 5.97 Å². The highest BCUT2D eigenvalue weighted by Crippen LogP contribution is 2.19. The molecule has 0 aliphatic carbocycles. The molecule has 0 saturated heterocycles. The summed E-state index contributed by atoms with van der Waals surface area (Å²) in [5.41, 5.74) is 7.03. The van der Waals surface area contributed by atoms with Gasteiger partial charge in [-0.15, -0.1) is 0 Å². The van der Waals surface area contributed by atoms with E-state index in [4.69, 9.17) is 10.5 Å². The quantitative estimate of drug-likeness (QED) is 0.755. The first kappa shape index (κ1) is 18.2. The fourth-order valence-corrected chi connectivity index (χ4v) is 1.97. The molecular weight excluding hydrogens is 280 g/mol. The topological polar surface area (TPSA) is 81.4 Å². The zero-order valence-corrected chi connectivity index (χ0v) is 13.7. The molecule has 22 heavy (non-hydrogen) atoms. The maximum atomic E-state index is 12.2. The van der Waals surface area contributed by atoms with Crippen LogP contribution in [-0.4, -0.2) is 24.5 Å². The van der Waals surface area contributed by atoms with E-state index < -0.39 is 0 Å². The van der Waals surface area contributed by atoms with Gasteiger partial charge < -0.3 is 15.8 Å². The number of hydrogen-bond donors (Lipinski definition) is 2. The average molecular weight is 306 g/mol. The second kappa shape index (κ2) is 8.54. The van der Waals surface area contributed by atoms with E-state index in [1.807, 2.05) is 30.3 Å². The molecule has 3 atom stereocenters. The number of benzene rings is 1. The van der Waals surface area contributed by atoms with E-state index in [0.717, 1.165) is 5.56 Å². The third-order valence-electron chi connectivity index (χ3n) is 3.47. The predicted octanol–water partition coefficient (Wildman–Crippen LogP) is 2.03. The monoisotopic (exact) mass is 306 g/mol. The second-order valence-electron chi connectivity index (χ2n) is 5.86. The summed E-state index contributed by atoms with van der Waals surface area (Å²) in [4.78, 5) is 23.9. The molecular formula is C17H26N2O3. The summed E-state index contributed by atoms with van der Waals surface area (Å²) in [7, 11) is 0. The third-order valence-corrected chi connectivity index (χ3v) is 3.47. The minimum Gasteiger partial charge on any atom is -0.463 e. The highest BCUT2D eigenvalue weighted by atomic mass is 16.5. The molecule has 1 aromatic carbocycles. The fraction of sp³-hybridized carbons (Fsp3) is 0.529. The first-order valence-corrected chi connectivity index (χ1v) is 7.61.